The van der Waals surface area contributed by atoms with Crippen molar-refractivity contribution in [1.29, 1.82) is 0 Å². The molecule has 98 valence electrons. The highest BCUT2D eigenvalue weighted by molar-refractivity contribution is 5.99. The summed E-state index contributed by atoms with van der Waals surface area (Å²) in [6.45, 7) is 5.67. The van der Waals surface area contributed by atoms with Gasteiger partial charge in [0, 0.05) is 17.8 Å². The first-order valence-corrected chi connectivity index (χ1v) is 5.84. The van der Waals surface area contributed by atoms with E-state index in [9.17, 15) is 9.18 Å². The van der Waals surface area contributed by atoms with Gasteiger partial charge in [0.05, 0.1) is 5.56 Å². The van der Waals surface area contributed by atoms with Crippen LogP contribution < -0.4 is 16.0 Å². The molecule has 0 aliphatic carbocycles. The first-order chi connectivity index (χ1) is 9.08. The fourth-order valence-corrected chi connectivity index (χ4v) is 1.89. The standard InChI is InChI=1S/C15H14FNO2/c1-4-12-9(2)13(15(18)17-3)14(19-12)10-5-7-11(16)8-6-10/h4-8H,2H2,1,3H3,(H,17,18). The highest BCUT2D eigenvalue weighted by Crippen LogP contribution is 2.21. The van der Waals surface area contributed by atoms with Crippen LogP contribution in [0.5, 0.6) is 0 Å². The Kier molecular flexibility index (Phi) is 3.51. The Morgan fingerprint density at radius 2 is 2.00 bits per heavy atom. The van der Waals surface area contributed by atoms with Gasteiger partial charge < -0.3 is 9.73 Å². The molecule has 2 rings (SSSR count). The molecule has 1 aromatic heterocycles. The Morgan fingerprint density at radius 1 is 1.37 bits per heavy atom. The number of benzene rings is 1. The molecule has 1 heterocycles. The average Bonchev–Trinajstić information content (AvgIpc) is 2.75. The third-order valence-electron chi connectivity index (χ3n) is 2.86. The van der Waals surface area contributed by atoms with Gasteiger partial charge in [-0.25, -0.2) is 4.39 Å². The van der Waals surface area contributed by atoms with E-state index in [2.05, 4.69) is 11.9 Å². The summed E-state index contributed by atoms with van der Waals surface area (Å²) >= 11 is 0. The second-order valence-electron chi connectivity index (χ2n) is 4.02. The lowest BCUT2D eigenvalue weighted by atomic mass is 10.1. The molecule has 1 N–H and O–H groups in total. The summed E-state index contributed by atoms with van der Waals surface area (Å²) in [5, 5.41) is 3.08. The van der Waals surface area contributed by atoms with Crippen molar-refractivity contribution in [2.24, 2.45) is 0 Å². The summed E-state index contributed by atoms with van der Waals surface area (Å²) in [4.78, 5) is 11.9. The Labute approximate surface area is 110 Å². The van der Waals surface area contributed by atoms with E-state index in [1.54, 1.807) is 32.2 Å². The molecule has 0 bridgehead atoms. The summed E-state index contributed by atoms with van der Waals surface area (Å²) < 4.78 is 18.6. The molecule has 19 heavy (non-hydrogen) atoms. The molecular formula is C15H14FNO2. The smallest absolute Gasteiger partial charge is 0.255 e. The maximum Gasteiger partial charge on any atom is 0.255 e. The number of furan rings is 1. The molecule has 0 fully saturated rings. The molecule has 1 aromatic carbocycles. The number of amides is 1. The van der Waals surface area contributed by atoms with Gasteiger partial charge >= 0.3 is 0 Å². The van der Waals surface area contributed by atoms with Gasteiger partial charge in [0.15, 0.2) is 0 Å². The Hall–Kier alpha value is -2.36. The second kappa shape index (κ2) is 5.10. The summed E-state index contributed by atoms with van der Waals surface area (Å²) in [5.41, 5.74) is 1.55. The van der Waals surface area contributed by atoms with E-state index in [0.717, 1.165) is 0 Å². The van der Waals surface area contributed by atoms with Crippen LogP contribution in [0.1, 0.15) is 17.3 Å². The molecular weight excluding hydrogens is 245 g/mol. The van der Waals surface area contributed by atoms with E-state index in [0.29, 0.717) is 27.5 Å². The number of nitrogens with one attached hydrogen (secondary N) is 1. The maximum atomic E-state index is 12.9. The topological polar surface area (TPSA) is 42.2 Å². The summed E-state index contributed by atoms with van der Waals surface area (Å²) in [7, 11) is 1.54. The lowest BCUT2D eigenvalue weighted by Crippen LogP contribution is -2.29. The zero-order valence-electron chi connectivity index (χ0n) is 10.8. The van der Waals surface area contributed by atoms with Crippen molar-refractivity contribution in [3.8, 4) is 11.3 Å². The second-order valence-corrected chi connectivity index (χ2v) is 4.02. The minimum atomic E-state index is -0.339. The Balaban J connectivity index is 2.73. The number of halogens is 1. The van der Waals surface area contributed by atoms with E-state index in [1.807, 2.05) is 0 Å². The number of rotatable bonds is 2. The van der Waals surface area contributed by atoms with Crippen LogP contribution in [-0.2, 0) is 0 Å². The lowest BCUT2D eigenvalue weighted by molar-refractivity contribution is 0.0962. The molecule has 0 saturated heterocycles. The summed E-state index contributed by atoms with van der Waals surface area (Å²) in [5.74, 6) is -0.215. The van der Waals surface area contributed by atoms with Crippen molar-refractivity contribution >= 4 is 18.6 Å². The van der Waals surface area contributed by atoms with Gasteiger partial charge in [-0.05, 0) is 37.3 Å². The molecule has 0 radical (unpaired) electrons. The van der Waals surface area contributed by atoms with Crippen LogP contribution in [0.25, 0.3) is 24.0 Å². The fourth-order valence-electron chi connectivity index (χ4n) is 1.89. The van der Waals surface area contributed by atoms with Gasteiger partial charge in [-0.15, -0.1) is 0 Å². The minimum Gasteiger partial charge on any atom is -0.456 e. The van der Waals surface area contributed by atoms with Gasteiger partial charge in [-0.2, -0.15) is 0 Å². The zero-order chi connectivity index (χ0) is 14.0. The van der Waals surface area contributed by atoms with E-state index < -0.39 is 0 Å². The van der Waals surface area contributed by atoms with Gasteiger partial charge in [0.2, 0.25) is 0 Å². The van der Waals surface area contributed by atoms with Crippen molar-refractivity contribution in [2.75, 3.05) is 7.05 Å². The van der Waals surface area contributed by atoms with Crippen LogP contribution in [-0.4, -0.2) is 13.0 Å². The quantitative estimate of drug-likeness (QED) is 0.891. The Morgan fingerprint density at radius 3 is 2.53 bits per heavy atom. The van der Waals surface area contributed by atoms with E-state index in [4.69, 9.17) is 4.42 Å². The molecule has 0 atom stereocenters. The largest absolute Gasteiger partial charge is 0.456 e. The molecule has 2 aromatic rings. The third kappa shape index (κ3) is 2.29. The highest BCUT2D eigenvalue weighted by atomic mass is 19.1. The molecule has 0 spiro atoms. The van der Waals surface area contributed by atoms with Crippen molar-refractivity contribution in [1.82, 2.24) is 5.32 Å². The van der Waals surface area contributed by atoms with Crippen molar-refractivity contribution in [3.63, 3.8) is 0 Å². The Bertz CT molecular complexity index is 714. The van der Waals surface area contributed by atoms with E-state index >= 15 is 0 Å². The normalized spacial score (nSPS) is 11.6. The molecule has 4 heteroatoms. The predicted molar refractivity (Wildman–Crippen MR) is 72.4 cm³/mol. The molecule has 0 aliphatic heterocycles. The molecule has 0 aliphatic rings. The van der Waals surface area contributed by atoms with Crippen LogP contribution in [0.4, 0.5) is 4.39 Å². The molecule has 1 amide bonds. The zero-order valence-corrected chi connectivity index (χ0v) is 10.8. The van der Waals surface area contributed by atoms with Crippen LogP contribution in [0.2, 0.25) is 0 Å². The van der Waals surface area contributed by atoms with E-state index in [1.165, 1.54) is 12.1 Å². The van der Waals surface area contributed by atoms with Gasteiger partial charge in [-0.3, -0.25) is 4.79 Å². The van der Waals surface area contributed by atoms with Crippen LogP contribution in [0, 0.1) is 5.82 Å². The van der Waals surface area contributed by atoms with Gasteiger partial charge in [0.25, 0.3) is 5.91 Å². The van der Waals surface area contributed by atoms with Crippen LogP contribution in [0.3, 0.4) is 0 Å². The number of hydrogen-bond acceptors (Lipinski definition) is 2. The van der Waals surface area contributed by atoms with Gasteiger partial charge in [0.1, 0.15) is 17.0 Å². The van der Waals surface area contributed by atoms with Crippen molar-refractivity contribution in [3.05, 3.63) is 46.3 Å². The highest BCUT2D eigenvalue weighted by Gasteiger charge is 2.18. The molecule has 3 nitrogen and oxygen atoms in total. The van der Waals surface area contributed by atoms with Gasteiger partial charge in [-0.1, -0.05) is 6.58 Å². The molecule has 0 unspecified atom stereocenters. The van der Waals surface area contributed by atoms with Crippen molar-refractivity contribution in [2.45, 2.75) is 6.92 Å². The monoisotopic (exact) mass is 259 g/mol. The maximum absolute atomic E-state index is 12.9. The average molecular weight is 259 g/mol. The van der Waals surface area contributed by atoms with Crippen LogP contribution in [0.15, 0.2) is 28.7 Å². The number of carbonyl (C=O) groups is 1. The number of carbonyl (C=O) groups excluding carboxylic acids is 1. The van der Waals surface area contributed by atoms with E-state index in [-0.39, 0.29) is 11.7 Å². The molecule has 0 saturated carbocycles. The van der Waals surface area contributed by atoms with Crippen molar-refractivity contribution < 1.29 is 13.6 Å². The third-order valence-corrected chi connectivity index (χ3v) is 2.86. The summed E-state index contributed by atoms with van der Waals surface area (Å²) in [6, 6.07) is 5.78. The SMILES string of the molecule is C=c1c(C(=O)NC)c(-c2ccc(F)cc2)oc1=CC. The predicted octanol–water partition coefficient (Wildman–Crippen LogP) is 1.66. The lowest BCUT2D eigenvalue weighted by Gasteiger charge is -2.01. The first-order valence-electron chi connectivity index (χ1n) is 5.84. The first kappa shape index (κ1) is 13.1. The summed E-state index contributed by atoms with van der Waals surface area (Å²) in [6.07, 6.45) is 1.74. The minimum absolute atomic E-state index is 0.277. The fraction of sp³-hybridized carbons (Fsp3) is 0.133. The van der Waals surface area contributed by atoms with Crippen LogP contribution >= 0.6 is 0 Å². The number of hydrogen-bond donors (Lipinski definition) is 1.